The van der Waals surface area contributed by atoms with E-state index in [2.05, 4.69) is 38.2 Å². The van der Waals surface area contributed by atoms with E-state index in [1.807, 2.05) is 0 Å². The monoisotopic (exact) mass is 945 g/mol. The minimum absolute atomic E-state index is 0.152. The summed E-state index contributed by atoms with van der Waals surface area (Å²) in [4.78, 5) is 25.7. The molecule has 2 fully saturated rings. The number of esters is 2. The number of aliphatic hydroxyl groups excluding tert-OH is 7. The highest BCUT2D eigenvalue weighted by Crippen LogP contribution is 2.26. The first-order chi connectivity index (χ1) is 32.0. The van der Waals surface area contributed by atoms with Gasteiger partial charge in [0.15, 0.2) is 18.7 Å². The Labute approximate surface area is 396 Å². The minimum Gasteiger partial charge on any atom is -0.462 e. The normalized spacial score (nSPS) is 26.3. The van der Waals surface area contributed by atoms with Crippen molar-refractivity contribution in [1.82, 2.24) is 0 Å². The highest BCUT2D eigenvalue weighted by atomic mass is 16.7. The average Bonchev–Trinajstić information content (AvgIpc) is 3.31. The lowest BCUT2D eigenvalue weighted by molar-refractivity contribution is -0.332. The van der Waals surface area contributed by atoms with Crippen LogP contribution in [0.1, 0.15) is 194 Å². The van der Waals surface area contributed by atoms with Gasteiger partial charge in [0.2, 0.25) is 0 Å². The quantitative estimate of drug-likeness (QED) is 0.0184. The number of carbonyl (C=O) groups is 2. The van der Waals surface area contributed by atoms with E-state index in [1.54, 1.807) is 0 Å². The molecule has 2 aliphatic heterocycles. The third kappa shape index (κ3) is 26.7. The highest BCUT2D eigenvalue weighted by molar-refractivity contribution is 5.70. The Morgan fingerprint density at radius 2 is 0.909 bits per heavy atom. The van der Waals surface area contributed by atoms with Crippen molar-refractivity contribution in [2.75, 3.05) is 26.4 Å². The van der Waals surface area contributed by atoms with Gasteiger partial charge >= 0.3 is 11.9 Å². The van der Waals surface area contributed by atoms with Crippen molar-refractivity contribution in [3.05, 3.63) is 24.3 Å². The van der Waals surface area contributed by atoms with Crippen LogP contribution in [0.5, 0.6) is 0 Å². The average molecular weight is 945 g/mol. The van der Waals surface area contributed by atoms with E-state index >= 15 is 0 Å². The van der Waals surface area contributed by atoms with Crippen LogP contribution < -0.4 is 0 Å². The summed E-state index contributed by atoms with van der Waals surface area (Å²) in [5.74, 6) is -0.934. The van der Waals surface area contributed by atoms with Crippen LogP contribution in [0.4, 0.5) is 0 Å². The second-order valence-electron chi connectivity index (χ2n) is 18.4. The molecule has 0 aliphatic carbocycles. The summed E-state index contributed by atoms with van der Waals surface area (Å²) < 4.78 is 33.6. The zero-order chi connectivity index (χ0) is 48.2. The van der Waals surface area contributed by atoms with Gasteiger partial charge in [-0.1, -0.05) is 160 Å². The van der Waals surface area contributed by atoms with E-state index in [4.69, 9.17) is 28.4 Å². The van der Waals surface area contributed by atoms with Crippen molar-refractivity contribution >= 4 is 11.9 Å². The zero-order valence-corrected chi connectivity index (χ0v) is 40.7. The zero-order valence-electron chi connectivity index (χ0n) is 40.7. The smallest absolute Gasteiger partial charge is 0.306 e. The van der Waals surface area contributed by atoms with Gasteiger partial charge in [-0.3, -0.25) is 9.59 Å². The third-order valence-corrected chi connectivity index (χ3v) is 12.4. The molecule has 2 rings (SSSR count). The van der Waals surface area contributed by atoms with E-state index < -0.39 is 92.7 Å². The number of ether oxygens (including phenoxy) is 6. The first-order valence-electron chi connectivity index (χ1n) is 25.9. The van der Waals surface area contributed by atoms with Gasteiger partial charge in [0.25, 0.3) is 0 Å². The van der Waals surface area contributed by atoms with Crippen LogP contribution in [-0.4, -0.2) is 142 Å². The van der Waals surface area contributed by atoms with E-state index in [0.717, 1.165) is 64.2 Å². The standard InChI is InChI=1S/C51H92O15/c1-3-5-7-9-11-13-15-17-19-21-23-25-27-29-31-33-42(53)61-36-39(64-43(54)34-32-30-28-26-24-22-20-18-16-14-12-10-8-6-4-2)37-62-50-49(60)47(58)45(56)41(66-50)38-63-51-48(59)46(57)44(55)40(35-52)65-51/h12,14,18,20,39-41,44-52,55-60H,3-11,13,15-17,19,21-38H2,1-2H3. The number of unbranched alkanes of at least 4 members (excludes halogenated alkanes) is 22. The molecule has 11 unspecified atom stereocenters. The molecule has 0 radical (unpaired) electrons. The topological polar surface area (TPSA) is 231 Å². The molecule has 66 heavy (non-hydrogen) atoms. The maximum Gasteiger partial charge on any atom is 0.306 e. The van der Waals surface area contributed by atoms with Gasteiger partial charge in [-0.2, -0.15) is 0 Å². The summed E-state index contributed by atoms with van der Waals surface area (Å²) in [6, 6.07) is 0. The summed E-state index contributed by atoms with van der Waals surface area (Å²) in [5, 5.41) is 72.1. The van der Waals surface area contributed by atoms with Crippen molar-refractivity contribution in [3.63, 3.8) is 0 Å². The maximum absolute atomic E-state index is 13.0. The van der Waals surface area contributed by atoms with Crippen molar-refractivity contribution in [2.24, 2.45) is 0 Å². The fourth-order valence-electron chi connectivity index (χ4n) is 8.13. The lowest BCUT2D eigenvalue weighted by Crippen LogP contribution is -2.61. The molecule has 0 aromatic carbocycles. The Bertz CT molecular complexity index is 1250. The number of hydrogen-bond acceptors (Lipinski definition) is 15. The molecule has 2 aliphatic rings. The second kappa shape index (κ2) is 38.8. The van der Waals surface area contributed by atoms with Gasteiger partial charge in [0.05, 0.1) is 19.8 Å². The number of hydrogen-bond donors (Lipinski definition) is 7. The third-order valence-electron chi connectivity index (χ3n) is 12.4. The number of carbonyl (C=O) groups excluding carboxylic acids is 2. The molecule has 15 nitrogen and oxygen atoms in total. The molecule has 7 N–H and O–H groups in total. The van der Waals surface area contributed by atoms with Crippen LogP contribution in [-0.2, 0) is 38.0 Å². The summed E-state index contributed by atoms with van der Waals surface area (Å²) in [5.41, 5.74) is 0. The lowest BCUT2D eigenvalue weighted by atomic mass is 9.98. The molecule has 2 heterocycles. The predicted molar refractivity (Wildman–Crippen MR) is 252 cm³/mol. The minimum atomic E-state index is -1.76. The summed E-state index contributed by atoms with van der Waals surface area (Å²) in [6.07, 6.45) is 22.0. The molecule has 0 amide bonds. The molecule has 0 spiro atoms. The lowest BCUT2D eigenvalue weighted by Gasteiger charge is -2.42. The van der Waals surface area contributed by atoms with Crippen LogP contribution in [0, 0.1) is 0 Å². The fraction of sp³-hybridized carbons (Fsp3) is 0.882. The summed E-state index contributed by atoms with van der Waals surface area (Å²) >= 11 is 0. The summed E-state index contributed by atoms with van der Waals surface area (Å²) in [6.45, 7) is 2.56. The van der Waals surface area contributed by atoms with Crippen molar-refractivity contribution < 1.29 is 73.8 Å². The second-order valence-corrected chi connectivity index (χ2v) is 18.4. The van der Waals surface area contributed by atoms with E-state index in [-0.39, 0.29) is 26.1 Å². The highest BCUT2D eigenvalue weighted by Gasteiger charge is 2.47. The van der Waals surface area contributed by atoms with Gasteiger partial charge in [-0.05, 0) is 44.9 Å². The van der Waals surface area contributed by atoms with Gasteiger partial charge in [0.1, 0.15) is 55.4 Å². The predicted octanol–water partition coefficient (Wildman–Crippen LogP) is 7.16. The van der Waals surface area contributed by atoms with Gasteiger partial charge < -0.3 is 64.2 Å². The molecule has 0 aromatic heterocycles. The van der Waals surface area contributed by atoms with E-state index in [1.165, 1.54) is 89.9 Å². The van der Waals surface area contributed by atoms with E-state index in [0.29, 0.717) is 12.8 Å². The molecule has 0 aromatic rings. The molecular formula is C51H92O15. The van der Waals surface area contributed by atoms with Crippen LogP contribution in [0.15, 0.2) is 24.3 Å². The maximum atomic E-state index is 13.0. The molecule has 2 saturated heterocycles. The molecular weight excluding hydrogens is 853 g/mol. The number of rotatable bonds is 40. The van der Waals surface area contributed by atoms with Crippen molar-refractivity contribution in [1.29, 1.82) is 0 Å². The molecule has 386 valence electrons. The molecule has 0 bridgehead atoms. The van der Waals surface area contributed by atoms with Crippen LogP contribution in [0.2, 0.25) is 0 Å². The Morgan fingerprint density at radius 3 is 1.44 bits per heavy atom. The Balaban J connectivity index is 1.81. The van der Waals surface area contributed by atoms with Crippen LogP contribution in [0.3, 0.4) is 0 Å². The molecule has 0 saturated carbocycles. The summed E-state index contributed by atoms with van der Waals surface area (Å²) in [7, 11) is 0. The fourth-order valence-corrected chi connectivity index (χ4v) is 8.13. The Morgan fingerprint density at radius 1 is 0.485 bits per heavy atom. The Hall–Kier alpha value is -2.02. The number of allylic oxidation sites excluding steroid dienone is 4. The van der Waals surface area contributed by atoms with Crippen molar-refractivity contribution in [3.8, 4) is 0 Å². The Kier molecular flexibility index (Phi) is 35.3. The number of aliphatic hydroxyl groups is 7. The molecule has 15 heteroatoms. The first-order valence-corrected chi connectivity index (χ1v) is 25.9. The largest absolute Gasteiger partial charge is 0.462 e. The SMILES string of the molecule is CCCCCC=CCC=CCCCCCCCC(=O)OC(COC(=O)CCCCCCCCCCCCCCCCC)COC1OC(COC2OC(CO)C(O)C(O)C2O)C(O)C(O)C1O. The van der Waals surface area contributed by atoms with Crippen molar-refractivity contribution in [2.45, 2.75) is 261 Å². The molecule has 11 atom stereocenters. The van der Waals surface area contributed by atoms with Crippen LogP contribution in [0.25, 0.3) is 0 Å². The van der Waals surface area contributed by atoms with Gasteiger partial charge in [-0.15, -0.1) is 0 Å². The first kappa shape index (κ1) is 60.1. The van der Waals surface area contributed by atoms with Crippen LogP contribution >= 0.6 is 0 Å². The van der Waals surface area contributed by atoms with E-state index in [9.17, 15) is 45.3 Å². The van der Waals surface area contributed by atoms with Gasteiger partial charge in [0, 0.05) is 12.8 Å². The van der Waals surface area contributed by atoms with Gasteiger partial charge in [-0.25, -0.2) is 0 Å².